The van der Waals surface area contributed by atoms with Crippen molar-refractivity contribution in [2.24, 2.45) is 0 Å². The fraction of sp³-hybridized carbons (Fsp3) is 0.200. The molecule has 0 fully saturated rings. The van der Waals surface area contributed by atoms with Gasteiger partial charge in [-0.05, 0) is 35.9 Å². The van der Waals surface area contributed by atoms with Crippen molar-refractivity contribution in [1.82, 2.24) is 25.1 Å². The van der Waals surface area contributed by atoms with Crippen molar-refractivity contribution in [3.63, 3.8) is 0 Å². The SMILES string of the molecule is COCCNC(=O)c1ccccc1CSc1nnc(-c2ccncc2)n1-c1ccccc1OC. The zero-order valence-electron chi connectivity index (χ0n) is 19.0. The summed E-state index contributed by atoms with van der Waals surface area (Å²) in [7, 11) is 3.25. The molecule has 0 saturated heterocycles. The highest BCUT2D eigenvalue weighted by atomic mass is 32.2. The predicted octanol–water partition coefficient (Wildman–Crippen LogP) is 4.01. The van der Waals surface area contributed by atoms with Crippen LogP contribution in [0.4, 0.5) is 0 Å². The topological polar surface area (TPSA) is 91.2 Å². The van der Waals surface area contributed by atoms with Crippen molar-refractivity contribution in [3.8, 4) is 22.8 Å². The third-order valence-corrected chi connectivity index (χ3v) is 6.09. The minimum atomic E-state index is -0.128. The predicted molar refractivity (Wildman–Crippen MR) is 131 cm³/mol. The Balaban J connectivity index is 1.67. The Morgan fingerprint density at radius 2 is 1.76 bits per heavy atom. The van der Waals surface area contributed by atoms with E-state index in [9.17, 15) is 4.79 Å². The summed E-state index contributed by atoms with van der Waals surface area (Å²) in [4.78, 5) is 16.8. The summed E-state index contributed by atoms with van der Waals surface area (Å²) in [6.07, 6.45) is 3.45. The van der Waals surface area contributed by atoms with Crippen molar-refractivity contribution < 1.29 is 14.3 Å². The summed E-state index contributed by atoms with van der Waals surface area (Å²) in [5, 5.41) is 12.5. The van der Waals surface area contributed by atoms with E-state index < -0.39 is 0 Å². The summed E-state index contributed by atoms with van der Waals surface area (Å²) in [5.74, 6) is 1.80. The van der Waals surface area contributed by atoms with Gasteiger partial charge in [-0.25, -0.2) is 0 Å². The number of carbonyl (C=O) groups is 1. The molecular weight excluding hydrogens is 450 g/mol. The van der Waals surface area contributed by atoms with Gasteiger partial charge >= 0.3 is 0 Å². The number of methoxy groups -OCH3 is 2. The minimum Gasteiger partial charge on any atom is -0.495 e. The second-order valence-electron chi connectivity index (χ2n) is 7.24. The molecule has 4 aromatic rings. The maximum atomic E-state index is 12.7. The van der Waals surface area contributed by atoms with Gasteiger partial charge < -0.3 is 14.8 Å². The maximum absolute atomic E-state index is 12.7. The van der Waals surface area contributed by atoms with Gasteiger partial charge in [-0.1, -0.05) is 42.1 Å². The Kier molecular flexibility index (Phi) is 7.90. The van der Waals surface area contributed by atoms with Crippen LogP contribution in [-0.4, -0.2) is 53.0 Å². The molecule has 0 bridgehead atoms. The number of rotatable bonds is 10. The van der Waals surface area contributed by atoms with Crippen molar-refractivity contribution in [3.05, 3.63) is 84.2 Å². The molecule has 4 rings (SSSR count). The van der Waals surface area contributed by atoms with Crippen LogP contribution in [0.1, 0.15) is 15.9 Å². The lowest BCUT2D eigenvalue weighted by Gasteiger charge is -2.14. The molecular formula is C25H25N5O3S. The van der Waals surface area contributed by atoms with Crippen LogP contribution in [0, 0.1) is 0 Å². The standard InChI is InChI=1S/C25H25N5O3S/c1-32-16-15-27-24(31)20-8-4-3-7-19(20)17-34-25-29-28-23(18-11-13-26-14-12-18)30(25)21-9-5-6-10-22(21)33-2/h3-14H,15-17H2,1-2H3,(H,27,31). The first-order valence-corrected chi connectivity index (χ1v) is 11.7. The number of hydrogen-bond donors (Lipinski definition) is 1. The quantitative estimate of drug-likeness (QED) is 0.274. The van der Waals surface area contributed by atoms with E-state index in [-0.39, 0.29) is 5.91 Å². The Morgan fingerprint density at radius 3 is 2.56 bits per heavy atom. The molecule has 174 valence electrons. The van der Waals surface area contributed by atoms with Gasteiger partial charge in [0, 0.05) is 42.9 Å². The van der Waals surface area contributed by atoms with Crippen LogP contribution < -0.4 is 10.1 Å². The fourth-order valence-electron chi connectivity index (χ4n) is 3.45. The molecule has 1 amide bonds. The highest BCUT2D eigenvalue weighted by molar-refractivity contribution is 7.98. The molecule has 8 nitrogen and oxygen atoms in total. The van der Waals surface area contributed by atoms with Gasteiger partial charge in [0.1, 0.15) is 5.75 Å². The van der Waals surface area contributed by atoms with E-state index in [1.165, 1.54) is 11.8 Å². The lowest BCUT2D eigenvalue weighted by molar-refractivity contribution is 0.0936. The van der Waals surface area contributed by atoms with Crippen molar-refractivity contribution in [1.29, 1.82) is 0 Å². The Bertz CT molecular complexity index is 1250. The van der Waals surface area contributed by atoms with Gasteiger partial charge in [0.05, 0.1) is 19.4 Å². The number of pyridine rings is 1. The minimum absolute atomic E-state index is 0.128. The van der Waals surface area contributed by atoms with Gasteiger partial charge in [0.25, 0.3) is 5.91 Å². The lowest BCUT2D eigenvalue weighted by Crippen LogP contribution is -2.27. The van der Waals surface area contributed by atoms with E-state index in [0.29, 0.717) is 41.2 Å². The number of nitrogens with one attached hydrogen (secondary N) is 1. The number of ether oxygens (including phenoxy) is 2. The molecule has 34 heavy (non-hydrogen) atoms. The molecule has 0 saturated carbocycles. The number of para-hydroxylation sites is 2. The van der Waals surface area contributed by atoms with Crippen LogP contribution in [0.25, 0.3) is 17.1 Å². The Hall–Kier alpha value is -3.69. The first-order valence-electron chi connectivity index (χ1n) is 10.7. The van der Waals surface area contributed by atoms with Gasteiger partial charge in [-0.3, -0.25) is 14.3 Å². The van der Waals surface area contributed by atoms with Gasteiger partial charge in [-0.2, -0.15) is 0 Å². The zero-order valence-corrected chi connectivity index (χ0v) is 19.8. The summed E-state index contributed by atoms with van der Waals surface area (Å²) in [5.41, 5.74) is 3.25. The van der Waals surface area contributed by atoms with Crippen molar-refractivity contribution in [2.45, 2.75) is 10.9 Å². The van der Waals surface area contributed by atoms with Crippen LogP contribution in [0.2, 0.25) is 0 Å². The summed E-state index contributed by atoms with van der Waals surface area (Å²) in [6.45, 7) is 0.913. The highest BCUT2D eigenvalue weighted by Gasteiger charge is 2.20. The molecule has 0 aliphatic carbocycles. The number of amides is 1. The van der Waals surface area contributed by atoms with E-state index in [1.807, 2.05) is 65.2 Å². The lowest BCUT2D eigenvalue weighted by atomic mass is 10.1. The number of carbonyl (C=O) groups excluding carboxylic acids is 1. The monoisotopic (exact) mass is 475 g/mol. The molecule has 9 heteroatoms. The first kappa shape index (κ1) is 23.5. The van der Waals surface area contributed by atoms with Gasteiger partial charge in [0.2, 0.25) is 0 Å². The number of thioether (sulfide) groups is 1. The normalized spacial score (nSPS) is 10.8. The maximum Gasteiger partial charge on any atom is 0.251 e. The summed E-state index contributed by atoms with van der Waals surface area (Å²) < 4.78 is 12.6. The molecule has 1 N–H and O–H groups in total. The number of hydrogen-bond acceptors (Lipinski definition) is 7. The van der Waals surface area contributed by atoms with Crippen LogP contribution in [-0.2, 0) is 10.5 Å². The molecule has 0 unspecified atom stereocenters. The van der Waals surface area contributed by atoms with E-state index in [4.69, 9.17) is 9.47 Å². The molecule has 0 atom stereocenters. The summed E-state index contributed by atoms with van der Waals surface area (Å²) >= 11 is 1.50. The second kappa shape index (κ2) is 11.4. The Morgan fingerprint density at radius 1 is 1.00 bits per heavy atom. The molecule has 2 aromatic heterocycles. The average Bonchev–Trinajstić information content (AvgIpc) is 3.32. The van der Waals surface area contributed by atoms with E-state index >= 15 is 0 Å². The summed E-state index contributed by atoms with van der Waals surface area (Å²) in [6, 6.07) is 19.1. The van der Waals surface area contributed by atoms with E-state index in [1.54, 1.807) is 26.6 Å². The van der Waals surface area contributed by atoms with Crippen LogP contribution >= 0.6 is 11.8 Å². The van der Waals surface area contributed by atoms with Gasteiger partial charge in [-0.15, -0.1) is 10.2 Å². The third kappa shape index (κ3) is 5.27. The van der Waals surface area contributed by atoms with Crippen molar-refractivity contribution >= 4 is 17.7 Å². The van der Waals surface area contributed by atoms with Crippen LogP contribution in [0.15, 0.2) is 78.2 Å². The third-order valence-electron chi connectivity index (χ3n) is 5.11. The zero-order chi connectivity index (χ0) is 23.8. The van der Waals surface area contributed by atoms with Gasteiger partial charge in [0.15, 0.2) is 11.0 Å². The fourth-order valence-corrected chi connectivity index (χ4v) is 4.40. The highest BCUT2D eigenvalue weighted by Crippen LogP contribution is 2.33. The molecule has 2 aromatic carbocycles. The van der Waals surface area contributed by atoms with E-state index in [0.717, 1.165) is 16.8 Å². The Labute approximate surface area is 202 Å². The average molecular weight is 476 g/mol. The first-order chi connectivity index (χ1) is 16.7. The molecule has 0 radical (unpaired) electrons. The molecule has 0 spiro atoms. The molecule has 2 heterocycles. The largest absolute Gasteiger partial charge is 0.495 e. The van der Waals surface area contributed by atoms with Crippen LogP contribution in [0.3, 0.4) is 0 Å². The molecule has 0 aliphatic heterocycles. The smallest absolute Gasteiger partial charge is 0.251 e. The molecule has 0 aliphatic rings. The second-order valence-corrected chi connectivity index (χ2v) is 8.19. The number of benzene rings is 2. The number of aromatic nitrogens is 4. The van der Waals surface area contributed by atoms with Crippen molar-refractivity contribution in [2.75, 3.05) is 27.4 Å². The van der Waals surface area contributed by atoms with E-state index in [2.05, 4.69) is 20.5 Å². The van der Waals surface area contributed by atoms with Crippen LogP contribution in [0.5, 0.6) is 5.75 Å². The number of nitrogens with zero attached hydrogens (tertiary/aromatic N) is 4.